The molecular formula is C18H19N3O7S. The standard InChI is InChI=1S/C18H19N3O7S/c1-9-3-5-12-15(16(9)28-10(2)22)20-17(29(25,26)27)13-7-11(4-6-14(19)23)8-21(13)18(12)24/h3-6,8,13,17,20H,7H2,1-2H3,(H2,19,23)(H,25,26,27)/b6-4+. The second kappa shape index (κ2) is 7.33. The highest BCUT2D eigenvalue weighted by Gasteiger charge is 2.45. The zero-order chi connectivity index (χ0) is 21.5. The van der Waals surface area contributed by atoms with Crippen LogP contribution in [0.2, 0.25) is 0 Å². The first-order valence-corrected chi connectivity index (χ1v) is 10.0. The maximum Gasteiger partial charge on any atom is 0.308 e. The Hall–Kier alpha value is -3.18. The number of primary amides is 1. The highest BCUT2D eigenvalue weighted by Crippen LogP contribution is 2.40. The summed E-state index contributed by atoms with van der Waals surface area (Å²) in [5.41, 5.74) is 6.13. The molecule has 2 unspecified atom stereocenters. The minimum Gasteiger partial charge on any atom is -0.424 e. The van der Waals surface area contributed by atoms with Crippen molar-refractivity contribution < 1.29 is 32.1 Å². The zero-order valence-corrected chi connectivity index (χ0v) is 16.4. The molecule has 0 bridgehead atoms. The molecule has 0 aliphatic carbocycles. The third kappa shape index (κ3) is 4.00. The predicted molar refractivity (Wildman–Crippen MR) is 102 cm³/mol. The van der Waals surface area contributed by atoms with Crippen LogP contribution in [-0.4, -0.2) is 47.1 Å². The van der Waals surface area contributed by atoms with Crippen LogP contribution in [0.3, 0.4) is 0 Å². The van der Waals surface area contributed by atoms with Crippen LogP contribution < -0.4 is 15.8 Å². The number of nitrogens with two attached hydrogens (primary N) is 1. The van der Waals surface area contributed by atoms with Gasteiger partial charge in [0.05, 0.1) is 17.3 Å². The second-order valence-electron chi connectivity index (χ2n) is 6.73. The van der Waals surface area contributed by atoms with E-state index in [-0.39, 0.29) is 23.4 Å². The van der Waals surface area contributed by atoms with Gasteiger partial charge in [-0.1, -0.05) is 12.1 Å². The van der Waals surface area contributed by atoms with Crippen LogP contribution in [0.5, 0.6) is 5.75 Å². The van der Waals surface area contributed by atoms with E-state index in [1.807, 2.05) is 0 Å². The summed E-state index contributed by atoms with van der Waals surface area (Å²) in [6.45, 7) is 2.81. The van der Waals surface area contributed by atoms with Crippen LogP contribution in [0.25, 0.3) is 0 Å². The SMILES string of the molecule is CC(=O)Oc1c(C)ccc2c1NC(S(=O)(=O)O)C1CC(/C=C/C(N)=O)=CN1C2=O. The fourth-order valence-corrected chi connectivity index (χ4v) is 4.25. The van der Waals surface area contributed by atoms with Crippen LogP contribution >= 0.6 is 0 Å². The van der Waals surface area contributed by atoms with Gasteiger partial charge in [0, 0.05) is 19.2 Å². The van der Waals surface area contributed by atoms with E-state index in [1.54, 1.807) is 13.0 Å². The van der Waals surface area contributed by atoms with E-state index >= 15 is 0 Å². The Labute approximate surface area is 166 Å². The number of anilines is 1. The van der Waals surface area contributed by atoms with Crippen molar-refractivity contribution in [3.05, 3.63) is 47.2 Å². The average Bonchev–Trinajstić information content (AvgIpc) is 2.97. The largest absolute Gasteiger partial charge is 0.424 e. The third-order valence-electron chi connectivity index (χ3n) is 4.59. The molecule has 1 aromatic rings. The molecule has 0 aromatic heterocycles. The lowest BCUT2D eigenvalue weighted by atomic mass is 10.1. The summed E-state index contributed by atoms with van der Waals surface area (Å²) in [5.74, 6) is -1.89. The number of benzene rings is 1. The molecule has 2 heterocycles. The molecule has 2 aliphatic rings. The van der Waals surface area contributed by atoms with Crippen molar-refractivity contribution in [2.45, 2.75) is 31.7 Å². The van der Waals surface area contributed by atoms with Crippen LogP contribution in [0.1, 0.15) is 29.3 Å². The van der Waals surface area contributed by atoms with E-state index in [9.17, 15) is 27.4 Å². The Morgan fingerprint density at radius 2 is 2.07 bits per heavy atom. The Balaban J connectivity index is 2.17. The number of nitrogens with one attached hydrogen (secondary N) is 1. The van der Waals surface area contributed by atoms with E-state index < -0.39 is 39.3 Å². The number of hydrogen-bond donors (Lipinski definition) is 3. The van der Waals surface area contributed by atoms with Gasteiger partial charge in [-0.05, 0) is 30.5 Å². The molecular weight excluding hydrogens is 402 g/mol. The fraction of sp³-hybridized carbons (Fsp3) is 0.278. The Morgan fingerprint density at radius 1 is 1.38 bits per heavy atom. The molecule has 1 aromatic carbocycles. The molecule has 2 aliphatic heterocycles. The number of nitrogens with zero attached hydrogens (tertiary/aromatic N) is 1. The van der Waals surface area contributed by atoms with Crippen molar-refractivity contribution in [3.8, 4) is 5.75 Å². The molecule has 0 saturated carbocycles. The monoisotopic (exact) mass is 421 g/mol. The summed E-state index contributed by atoms with van der Waals surface area (Å²) in [6.07, 6.45) is 3.91. The number of carbonyl (C=O) groups excluding carboxylic acids is 3. The highest BCUT2D eigenvalue weighted by atomic mass is 32.2. The van der Waals surface area contributed by atoms with Crippen LogP contribution in [0.15, 0.2) is 36.1 Å². The lowest BCUT2D eigenvalue weighted by molar-refractivity contribution is -0.131. The number of fused-ring (bicyclic) bond motifs is 2. The van der Waals surface area contributed by atoms with Gasteiger partial charge >= 0.3 is 5.97 Å². The molecule has 2 amide bonds. The molecule has 2 atom stereocenters. The van der Waals surface area contributed by atoms with Gasteiger partial charge in [-0.3, -0.25) is 18.9 Å². The number of amides is 2. The smallest absolute Gasteiger partial charge is 0.308 e. The molecule has 11 heteroatoms. The number of aryl methyl sites for hydroxylation is 1. The van der Waals surface area contributed by atoms with Gasteiger partial charge in [0.2, 0.25) is 5.91 Å². The molecule has 0 saturated heterocycles. The molecule has 0 radical (unpaired) electrons. The first-order chi connectivity index (χ1) is 13.5. The molecule has 10 nitrogen and oxygen atoms in total. The summed E-state index contributed by atoms with van der Waals surface area (Å²) in [6, 6.07) is 2.04. The minimum atomic E-state index is -4.68. The van der Waals surface area contributed by atoms with Crippen LogP contribution in [-0.2, 0) is 19.7 Å². The number of esters is 1. The maximum absolute atomic E-state index is 13.1. The number of allylic oxidation sites excluding steroid dienone is 1. The van der Waals surface area contributed by atoms with Crippen LogP contribution in [0.4, 0.5) is 5.69 Å². The van der Waals surface area contributed by atoms with Crippen molar-refractivity contribution in [1.29, 1.82) is 0 Å². The molecule has 29 heavy (non-hydrogen) atoms. The van der Waals surface area contributed by atoms with Gasteiger partial charge in [0.15, 0.2) is 11.1 Å². The van der Waals surface area contributed by atoms with E-state index in [0.717, 1.165) is 6.08 Å². The van der Waals surface area contributed by atoms with Gasteiger partial charge in [-0.25, -0.2) is 0 Å². The van der Waals surface area contributed by atoms with E-state index in [2.05, 4.69) is 5.32 Å². The summed E-state index contributed by atoms with van der Waals surface area (Å²) in [5, 5.41) is 1.08. The quantitative estimate of drug-likeness (QED) is 0.278. The zero-order valence-electron chi connectivity index (χ0n) is 15.6. The molecule has 0 spiro atoms. The van der Waals surface area contributed by atoms with E-state index in [0.29, 0.717) is 11.1 Å². The Bertz CT molecular complexity index is 1080. The average molecular weight is 421 g/mol. The third-order valence-corrected chi connectivity index (χ3v) is 5.66. The number of ether oxygens (including phenoxy) is 1. The molecule has 154 valence electrons. The Morgan fingerprint density at radius 3 is 2.66 bits per heavy atom. The second-order valence-corrected chi connectivity index (χ2v) is 8.27. The first-order valence-electron chi connectivity index (χ1n) is 8.54. The first kappa shape index (κ1) is 20.6. The lowest BCUT2D eigenvalue weighted by Crippen LogP contribution is -2.46. The van der Waals surface area contributed by atoms with E-state index in [4.69, 9.17) is 10.5 Å². The van der Waals surface area contributed by atoms with E-state index in [1.165, 1.54) is 30.2 Å². The summed E-state index contributed by atoms with van der Waals surface area (Å²) in [7, 11) is -4.68. The molecule has 4 N–H and O–H groups in total. The topological polar surface area (TPSA) is 156 Å². The summed E-state index contributed by atoms with van der Waals surface area (Å²) >= 11 is 0. The van der Waals surface area contributed by atoms with Gasteiger partial charge < -0.3 is 20.7 Å². The van der Waals surface area contributed by atoms with Crippen molar-refractivity contribution in [1.82, 2.24) is 4.90 Å². The lowest BCUT2D eigenvalue weighted by Gasteiger charge is -2.26. The normalized spacial score (nSPS) is 21.1. The predicted octanol–water partition coefficient (Wildman–Crippen LogP) is 0.700. The number of hydrogen-bond acceptors (Lipinski definition) is 7. The highest BCUT2D eigenvalue weighted by molar-refractivity contribution is 7.86. The van der Waals surface area contributed by atoms with Crippen molar-refractivity contribution in [3.63, 3.8) is 0 Å². The van der Waals surface area contributed by atoms with Crippen molar-refractivity contribution in [2.24, 2.45) is 5.73 Å². The summed E-state index contributed by atoms with van der Waals surface area (Å²) < 4.78 is 39.3. The van der Waals surface area contributed by atoms with Gasteiger partial charge in [0.25, 0.3) is 16.0 Å². The number of rotatable bonds is 4. The summed E-state index contributed by atoms with van der Waals surface area (Å²) in [4.78, 5) is 36.8. The Kier molecular flexibility index (Phi) is 5.20. The van der Waals surface area contributed by atoms with Gasteiger partial charge in [-0.2, -0.15) is 8.42 Å². The fourth-order valence-electron chi connectivity index (χ4n) is 3.36. The maximum atomic E-state index is 13.1. The van der Waals surface area contributed by atoms with Gasteiger partial charge in [0.1, 0.15) is 0 Å². The molecule has 0 fully saturated rings. The minimum absolute atomic E-state index is 0.00449. The number of carbonyl (C=O) groups is 3. The molecule has 3 rings (SSSR count). The van der Waals surface area contributed by atoms with Gasteiger partial charge in [-0.15, -0.1) is 0 Å². The van der Waals surface area contributed by atoms with Crippen molar-refractivity contribution >= 4 is 33.6 Å². The van der Waals surface area contributed by atoms with Crippen molar-refractivity contribution in [2.75, 3.05) is 5.32 Å². The van der Waals surface area contributed by atoms with Crippen LogP contribution in [0, 0.1) is 6.92 Å².